The van der Waals surface area contributed by atoms with Crippen molar-refractivity contribution >= 4 is 21.5 Å². The summed E-state index contributed by atoms with van der Waals surface area (Å²) < 4.78 is 162. The van der Waals surface area contributed by atoms with Gasteiger partial charge in [-0.3, -0.25) is 9.59 Å². The van der Waals surface area contributed by atoms with Gasteiger partial charge in [-0.05, 0) is 59.7 Å². The van der Waals surface area contributed by atoms with Crippen LogP contribution in [0, 0.1) is 22.7 Å². The molecule has 0 N–H and O–H groups in total. The Kier molecular flexibility index (Phi) is 7.01. The highest BCUT2D eigenvalue weighted by molar-refractivity contribution is 6.19. The first-order valence-electron chi connectivity index (χ1n) is 12.2. The van der Waals surface area contributed by atoms with Crippen LogP contribution in [0.15, 0.2) is 58.1 Å². The van der Waals surface area contributed by atoms with Crippen molar-refractivity contribution < 1.29 is 52.7 Å². The molecule has 0 spiro atoms. The number of alkyl halides is 12. The van der Waals surface area contributed by atoms with E-state index in [1.165, 1.54) is 12.1 Å². The third-order valence-corrected chi connectivity index (χ3v) is 7.13. The van der Waals surface area contributed by atoms with E-state index in [1.54, 1.807) is 0 Å². The molecule has 0 aliphatic rings. The van der Waals surface area contributed by atoms with Crippen LogP contribution in [0.4, 0.5) is 52.7 Å². The minimum absolute atomic E-state index is 0.171. The van der Waals surface area contributed by atoms with Gasteiger partial charge in [-0.25, -0.2) is 0 Å². The summed E-state index contributed by atoms with van der Waals surface area (Å²) in [5.74, 6) is 0. The van der Waals surface area contributed by atoms with Gasteiger partial charge in [0.1, 0.15) is 12.1 Å². The van der Waals surface area contributed by atoms with E-state index < -0.39 is 113 Å². The molecule has 4 nitrogen and oxygen atoms in total. The normalized spacial score (nSPS) is 12.9. The number of rotatable bonds is 2. The first-order valence-corrected chi connectivity index (χ1v) is 12.2. The Morgan fingerprint density at radius 1 is 0.457 bits per heavy atom. The van der Waals surface area contributed by atoms with Gasteiger partial charge in [0.25, 0.3) is 0 Å². The van der Waals surface area contributed by atoms with Gasteiger partial charge < -0.3 is 0 Å². The highest BCUT2D eigenvalue weighted by atomic mass is 19.4. The van der Waals surface area contributed by atoms with Crippen molar-refractivity contribution in [2.75, 3.05) is 0 Å². The largest absolute Gasteiger partial charge is 0.416 e. The number of hydrogen-bond acceptors (Lipinski definition) is 4. The molecule has 0 saturated heterocycles. The van der Waals surface area contributed by atoms with Crippen molar-refractivity contribution in [3.8, 4) is 34.4 Å². The SMILES string of the molecule is N#Cc1c(-c2cc(C(F)(F)F)cc(C(F)(F)F)c2)c(=O)c2ccc3c(=O)c(-c4cc(C(F)(F)F)cc(C(F)(F)F)c4)c(C#N)c3c12. The van der Waals surface area contributed by atoms with E-state index in [2.05, 4.69) is 0 Å². The number of nitrogens with zero attached hydrogens (tertiary/aromatic N) is 2. The Balaban J connectivity index is 1.94. The minimum atomic E-state index is -5.35. The van der Waals surface area contributed by atoms with E-state index in [-0.39, 0.29) is 36.4 Å². The molecule has 16 heteroatoms. The maximum Gasteiger partial charge on any atom is 0.416 e. The predicted octanol–water partition coefficient (Wildman–Crippen LogP) is 8.74. The molecule has 0 radical (unpaired) electrons. The van der Waals surface area contributed by atoms with Gasteiger partial charge in [0, 0.05) is 32.7 Å². The molecule has 5 aromatic carbocycles. The third kappa shape index (κ3) is 5.09. The van der Waals surface area contributed by atoms with Gasteiger partial charge in [0.2, 0.25) is 0 Å². The van der Waals surface area contributed by atoms with Gasteiger partial charge in [-0.2, -0.15) is 63.2 Å². The smallest absolute Gasteiger partial charge is 0.289 e. The van der Waals surface area contributed by atoms with Gasteiger partial charge in [0.15, 0.2) is 10.9 Å². The van der Waals surface area contributed by atoms with Crippen LogP contribution in [0.2, 0.25) is 0 Å². The maximum atomic E-state index is 13.5. The van der Waals surface area contributed by atoms with Gasteiger partial charge >= 0.3 is 24.7 Å². The fourth-order valence-electron chi connectivity index (χ4n) is 5.22. The Morgan fingerprint density at radius 3 is 0.935 bits per heavy atom. The second-order valence-electron chi connectivity index (χ2n) is 9.88. The number of halogens is 12. The van der Waals surface area contributed by atoms with Crippen LogP contribution < -0.4 is 10.9 Å². The van der Waals surface area contributed by atoms with E-state index in [9.17, 15) is 72.8 Å². The highest BCUT2D eigenvalue weighted by Crippen LogP contribution is 2.44. The van der Waals surface area contributed by atoms with Crippen LogP contribution >= 0.6 is 0 Å². The zero-order chi connectivity index (χ0) is 34.3. The summed E-state index contributed by atoms with van der Waals surface area (Å²) in [6.45, 7) is 0. The Bertz CT molecular complexity index is 2040. The minimum Gasteiger partial charge on any atom is -0.289 e. The monoisotopic (exact) mass is 656 g/mol. The molecule has 0 saturated carbocycles. The molecule has 46 heavy (non-hydrogen) atoms. The molecular formula is C30H8F12N2O2. The number of hydrogen-bond donors (Lipinski definition) is 0. The first kappa shape index (κ1) is 32.0. The summed E-state index contributed by atoms with van der Waals surface area (Å²) in [4.78, 5) is 26.8. The molecule has 0 fully saturated rings. The molecule has 0 aliphatic carbocycles. The van der Waals surface area contributed by atoms with Crippen LogP contribution in [0.5, 0.6) is 0 Å². The lowest BCUT2D eigenvalue weighted by Crippen LogP contribution is -2.12. The number of benzene rings is 3. The van der Waals surface area contributed by atoms with Crippen LogP contribution in [-0.2, 0) is 24.7 Å². The van der Waals surface area contributed by atoms with Crippen molar-refractivity contribution in [2.45, 2.75) is 24.7 Å². The lowest BCUT2D eigenvalue weighted by molar-refractivity contribution is -0.144. The van der Waals surface area contributed by atoms with Crippen molar-refractivity contribution in [2.24, 2.45) is 0 Å². The van der Waals surface area contributed by atoms with Crippen molar-refractivity contribution in [3.63, 3.8) is 0 Å². The van der Waals surface area contributed by atoms with E-state index in [4.69, 9.17) is 0 Å². The molecule has 0 heterocycles. The average molecular weight is 656 g/mol. The lowest BCUT2D eigenvalue weighted by Gasteiger charge is -2.14. The molecule has 0 atom stereocenters. The predicted molar refractivity (Wildman–Crippen MR) is 137 cm³/mol. The topological polar surface area (TPSA) is 81.7 Å². The number of fused-ring (bicyclic) bond motifs is 3. The summed E-state index contributed by atoms with van der Waals surface area (Å²) in [6.07, 6.45) is -21.4. The van der Waals surface area contributed by atoms with E-state index in [0.717, 1.165) is 12.1 Å². The molecule has 5 rings (SSSR count). The molecule has 234 valence electrons. The molecule has 0 aliphatic heterocycles. The van der Waals surface area contributed by atoms with Gasteiger partial charge in [-0.15, -0.1) is 0 Å². The quantitative estimate of drug-likeness (QED) is 0.178. The van der Waals surface area contributed by atoms with Crippen LogP contribution in [0.1, 0.15) is 33.4 Å². The molecule has 0 bridgehead atoms. The Morgan fingerprint density at radius 2 is 0.717 bits per heavy atom. The van der Waals surface area contributed by atoms with Gasteiger partial charge in [0.05, 0.1) is 33.4 Å². The van der Waals surface area contributed by atoms with Crippen LogP contribution in [-0.4, -0.2) is 0 Å². The summed E-state index contributed by atoms with van der Waals surface area (Å²) in [5, 5.41) is 17.6. The summed E-state index contributed by atoms with van der Waals surface area (Å²) in [6, 6.07) is 4.87. The average Bonchev–Trinajstić information content (AvgIpc) is 3.40. The lowest BCUT2D eigenvalue weighted by atomic mass is 9.96. The summed E-state index contributed by atoms with van der Waals surface area (Å²) in [5.41, 5.74) is -15.7. The van der Waals surface area contributed by atoms with Gasteiger partial charge in [-0.1, -0.05) is 0 Å². The molecule has 0 aromatic heterocycles. The van der Waals surface area contributed by atoms with Crippen molar-refractivity contribution in [1.29, 1.82) is 10.5 Å². The Hall–Kier alpha value is -5.38. The molecule has 0 amide bonds. The fraction of sp³-hybridized carbons (Fsp3) is 0.133. The zero-order valence-electron chi connectivity index (χ0n) is 21.9. The second kappa shape index (κ2) is 10.1. The second-order valence-corrected chi connectivity index (χ2v) is 9.88. The molecular weight excluding hydrogens is 648 g/mol. The third-order valence-electron chi connectivity index (χ3n) is 7.13. The van der Waals surface area contributed by atoms with Crippen LogP contribution in [0.25, 0.3) is 43.8 Å². The van der Waals surface area contributed by atoms with E-state index in [0.29, 0.717) is 0 Å². The Labute approximate surface area is 246 Å². The zero-order valence-corrected chi connectivity index (χ0v) is 21.9. The van der Waals surface area contributed by atoms with Crippen LogP contribution in [0.3, 0.4) is 0 Å². The number of nitriles is 2. The van der Waals surface area contributed by atoms with Crippen molar-refractivity contribution in [3.05, 3.63) is 102 Å². The summed E-state index contributed by atoms with van der Waals surface area (Å²) >= 11 is 0. The summed E-state index contributed by atoms with van der Waals surface area (Å²) in [7, 11) is 0. The maximum absolute atomic E-state index is 13.5. The highest BCUT2D eigenvalue weighted by Gasteiger charge is 2.39. The van der Waals surface area contributed by atoms with E-state index >= 15 is 0 Å². The van der Waals surface area contributed by atoms with Crippen molar-refractivity contribution in [1.82, 2.24) is 0 Å². The molecule has 0 unspecified atom stereocenters. The fourth-order valence-corrected chi connectivity index (χ4v) is 5.22. The first-order chi connectivity index (χ1) is 21.1. The molecule has 5 aromatic rings. The standard InChI is InChI=1S/C30H8F12N2O2/c31-27(32,33)13-3-11(4-14(7-13)28(34,35)36)21-19(9-43)23-17(25(21)45)1-2-18-24(23)20(10-44)22(26(18)46)12-5-15(29(37,38)39)8-16(6-12)30(40,41)42/h1-8H. The van der Waals surface area contributed by atoms with E-state index in [1.807, 2.05) is 0 Å².